The van der Waals surface area contributed by atoms with Gasteiger partial charge in [0.15, 0.2) is 0 Å². The maximum Gasteiger partial charge on any atom is 0.394 e. The summed E-state index contributed by atoms with van der Waals surface area (Å²) in [6.45, 7) is 1.88. The van der Waals surface area contributed by atoms with Crippen molar-refractivity contribution in [2.45, 2.75) is 6.42 Å². The lowest BCUT2D eigenvalue weighted by molar-refractivity contribution is 0.381. The van der Waals surface area contributed by atoms with Crippen molar-refractivity contribution in [2.75, 3.05) is 18.8 Å². The quantitative estimate of drug-likeness (QED) is 0.449. The molecule has 18 heavy (non-hydrogen) atoms. The fraction of sp³-hybridized carbons (Fsp3) is 0.300. The van der Waals surface area contributed by atoms with E-state index >= 15 is 0 Å². The number of nitrogens with zero attached hydrogens (tertiary/aromatic N) is 1. The van der Waals surface area contributed by atoms with Crippen molar-refractivity contribution < 1.29 is 17.5 Å². The molecule has 0 spiro atoms. The molecule has 0 fully saturated rings. The average molecular weight is 273 g/mol. The summed E-state index contributed by atoms with van der Waals surface area (Å²) in [5, 5.41) is 3.24. The molecule has 1 aliphatic heterocycles. The van der Waals surface area contributed by atoms with Gasteiger partial charge in [0.25, 0.3) is 0 Å². The number of hydrogen-bond donors (Lipinski definition) is 4. The molecule has 5 N–H and O–H groups in total. The number of anilines is 1. The largest absolute Gasteiger partial charge is 0.399 e. The number of amidine groups is 1. The van der Waals surface area contributed by atoms with Gasteiger partial charge in [-0.05, 0) is 17.7 Å². The van der Waals surface area contributed by atoms with Crippen LogP contribution in [0.15, 0.2) is 29.3 Å². The van der Waals surface area contributed by atoms with Crippen LogP contribution in [0, 0.1) is 0 Å². The van der Waals surface area contributed by atoms with Crippen molar-refractivity contribution in [3.63, 3.8) is 0 Å². The van der Waals surface area contributed by atoms with Gasteiger partial charge in [0.1, 0.15) is 5.84 Å². The van der Waals surface area contributed by atoms with E-state index in [4.69, 9.17) is 23.3 Å². The molecule has 0 atom stereocenters. The van der Waals surface area contributed by atoms with Crippen molar-refractivity contribution in [1.82, 2.24) is 5.32 Å². The second-order valence-corrected chi connectivity index (χ2v) is 4.52. The zero-order valence-corrected chi connectivity index (χ0v) is 10.4. The number of hydrogen-bond acceptors (Lipinski definition) is 5. The zero-order chi connectivity index (χ0) is 13.6. The summed E-state index contributed by atoms with van der Waals surface area (Å²) in [5.74, 6) is 1.09. The highest BCUT2D eigenvalue weighted by atomic mass is 32.3. The minimum atomic E-state index is -4.67. The zero-order valence-electron chi connectivity index (χ0n) is 9.57. The van der Waals surface area contributed by atoms with Crippen LogP contribution in [0.3, 0.4) is 0 Å². The summed E-state index contributed by atoms with van der Waals surface area (Å²) < 4.78 is 31.6. The highest BCUT2D eigenvalue weighted by molar-refractivity contribution is 7.79. The Morgan fingerprint density at radius 3 is 2.28 bits per heavy atom. The normalized spacial score (nSPS) is 14.2. The first-order valence-corrected chi connectivity index (χ1v) is 6.56. The van der Waals surface area contributed by atoms with Gasteiger partial charge in [-0.3, -0.25) is 14.1 Å². The molecule has 0 aromatic heterocycles. The third kappa shape index (κ3) is 6.84. The van der Waals surface area contributed by atoms with E-state index < -0.39 is 10.4 Å². The Bertz CT molecular complexity index is 502. The summed E-state index contributed by atoms with van der Waals surface area (Å²) in [6.07, 6.45) is 0.889. The van der Waals surface area contributed by atoms with Gasteiger partial charge in [0, 0.05) is 18.7 Å². The highest BCUT2D eigenvalue weighted by Crippen LogP contribution is 2.06. The Balaban J connectivity index is 0.000000280. The first-order chi connectivity index (χ1) is 8.34. The van der Waals surface area contributed by atoms with Crippen molar-refractivity contribution in [3.05, 3.63) is 29.8 Å². The van der Waals surface area contributed by atoms with Crippen LogP contribution in [0.1, 0.15) is 5.56 Å². The summed E-state index contributed by atoms with van der Waals surface area (Å²) in [7, 11) is -4.67. The van der Waals surface area contributed by atoms with Crippen LogP contribution >= 0.6 is 0 Å². The van der Waals surface area contributed by atoms with E-state index in [1.165, 1.54) is 5.56 Å². The van der Waals surface area contributed by atoms with Crippen molar-refractivity contribution in [1.29, 1.82) is 0 Å². The van der Waals surface area contributed by atoms with Crippen LogP contribution in [0.2, 0.25) is 0 Å². The molecule has 1 aromatic carbocycles. The molecule has 0 saturated heterocycles. The molecular formula is C10H15N3O4S. The third-order valence-electron chi connectivity index (χ3n) is 2.09. The molecule has 1 heterocycles. The number of nitrogens with one attached hydrogen (secondary N) is 1. The molecule has 0 bridgehead atoms. The van der Waals surface area contributed by atoms with Crippen molar-refractivity contribution >= 4 is 21.9 Å². The van der Waals surface area contributed by atoms with Gasteiger partial charge in [-0.25, -0.2) is 0 Å². The van der Waals surface area contributed by atoms with E-state index in [2.05, 4.69) is 10.3 Å². The lowest BCUT2D eigenvalue weighted by Crippen LogP contribution is -2.20. The van der Waals surface area contributed by atoms with Crippen molar-refractivity contribution in [2.24, 2.45) is 4.99 Å². The van der Waals surface area contributed by atoms with Crippen LogP contribution < -0.4 is 11.1 Å². The van der Waals surface area contributed by atoms with Gasteiger partial charge in [-0.2, -0.15) is 8.42 Å². The second kappa shape index (κ2) is 6.34. The molecule has 0 radical (unpaired) electrons. The maximum absolute atomic E-state index is 8.74. The number of nitrogen functional groups attached to an aromatic ring is 1. The van der Waals surface area contributed by atoms with E-state index in [1.807, 2.05) is 24.3 Å². The molecule has 1 aliphatic rings. The highest BCUT2D eigenvalue weighted by Gasteiger charge is 2.04. The molecule has 7 nitrogen and oxygen atoms in total. The lowest BCUT2D eigenvalue weighted by atomic mass is 10.1. The summed E-state index contributed by atoms with van der Waals surface area (Å²) >= 11 is 0. The molecule has 2 rings (SSSR count). The van der Waals surface area contributed by atoms with E-state index in [9.17, 15) is 0 Å². The van der Waals surface area contributed by atoms with E-state index in [0.29, 0.717) is 0 Å². The van der Waals surface area contributed by atoms with Crippen LogP contribution in [-0.2, 0) is 16.8 Å². The Hall–Kier alpha value is -1.64. The van der Waals surface area contributed by atoms with Gasteiger partial charge in [-0.15, -0.1) is 0 Å². The van der Waals surface area contributed by atoms with Gasteiger partial charge in [0.2, 0.25) is 0 Å². The third-order valence-corrected chi connectivity index (χ3v) is 2.09. The van der Waals surface area contributed by atoms with Crippen LogP contribution in [0.4, 0.5) is 5.69 Å². The van der Waals surface area contributed by atoms with E-state index in [1.54, 1.807) is 0 Å². The Morgan fingerprint density at radius 1 is 1.28 bits per heavy atom. The molecule has 100 valence electrons. The smallest absolute Gasteiger partial charge is 0.394 e. The minimum Gasteiger partial charge on any atom is -0.399 e. The number of benzene rings is 1. The summed E-state index contributed by atoms with van der Waals surface area (Å²) in [5.41, 5.74) is 7.65. The second-order valence-electron chi connectivity index (χ2n) is 3.62. The standard InChI is InChI=1S/C10H13N3.H2O4S/c11-9-3-1-8(2-4-9)7-10-12-5-6-13-10;1-5(2,3)4/h1-4H,5-7,11H2,(H,12,13);(H2,1,2,3,4). The Morgan fingerprint density at radius 2 is 1.83 bits per heavy atom. The predicted molar refractivity (Wildman–Crippen MR) is 69.0 cm³/mol. The van der Waals surface area contributed by atoms with Gasteiger partial charge in [0.05, 0.1) is 6.54 Å². The molecule has 0 unspecified atom stereocenters. The maximum atomic E-state index is 8.74. The topological polar surface area (TPSA) is 125 Å². The van der Waals surface area contributed by atoms with Crippen LogP contribution in [0.25, 0.3) is 0 Å². The molecule has 0 aliphatic carbocycles. The monoisotopic (exact) mass is 273 g/mol. The van der Waals surface area contributed by atoms with Gasteiger partial charge in [-0.1, -0.05) is 12.1 Å². The summed E-state index contributed by atoms with van der Waals surface area (Å²) in [6, 6.07) is 7.92. The summed E-state index contributed by atoms with van der Waals surface area (Å²) in [4.78, 5) is 4.33. The molecule has 8 heteroatoms. The fourth-order valence-corrected chi connectivity index (χ4v) is 1.39. The predicted octanol–water partition coefficient (Wildman–Crippen LogP) is 0.160. The average Bonchev–Trinajstić information content (AvgIpc) is 2.72. The fourth-order valence-electron chi connectivity index (χ4n) is 1.39. The molecule has 1 aromatic rings. The number of aliphatic imine (C=N–C) groups is 1. The lowest BCUT2D eigenvalue weighted by Gasteiger charge is -2.02. The van der Waals surface area contributed by atoms with E-state index in [0.717, 1.165) is 31.0 Å². The van der Waals surface area contributed by atoms with Gasteiger partial charge < -0.3 is 11.1 Å². The first kappa shape index (κ1) is 14.4. The molecule has 0 saturated carbocycles. The first-order valence-electron chi connectivity index (χ1n) is 5.16. The van der Waals surface area contributed by atoms with Gasteiger partial charge >= 0.3 is 10.4 Å². The molecular weight excluding hydrogens is 258 g/mol. The van der Waals surface area contributed by atoms with Crippen LogP contribution in [-0.4, -0.2) is 36.4 Å². The van der Waals surface area contributed by atoms with Crippen LogP contribution in [0.5, 0.6) is 0 Å². The number of nitrogens with two attached hydrogens (primary N) is 1. The Kier molecular flexibility index (Phi) is 5.08. The molecule has 0 amide bonds. The Labute approximate surface area is 105 Å². The van der Waals surface area contributed by atoms with Crippen molar-refractivity contribution in [3.8, 4) is 0 Å². The SMILES string of the molecule is Nc1ccc(CC2=NCCN2)cc1.O=S(=O)(O)O. The van der Waals surface area contributed by atoms with E-state index in [-0.39, 0.29) is 0 Å². The number of rotatable bonds is 2. The minimum absolute atomic E-state index is 0.810.